The van der Waals surface area contributed by atoms with Crippen LogP contribution in [0.15, 0.2) is 0 Å². The lowest BCUT2D eigenvalue weighted by Gasteiger charge is -2.17. The molecule has 0 fully saturated rings. The first-order valence-electron chi connectivity index (χ1n) is 3.59. The van der Waals surface area contributed by atoms with Crippen molar-refractivity contribution in [2.45, 2.75) is 39.8 Å². The maximum absolute atomic E-state index is 8.49. The molecule has 0 aromatic heterocycles. The smallest absolute Gasteiger partial charge is 0.0803 e. The molecule has 0 rings (SSSR count). The Kier molecular flexibility index (Phi) is 8.02. The molecular formula is C6H16ClNO4. The SMILES string of the molecule is CC(C)[NH2+]C(C)C.[O-][Cl+3]([O-])([O-])[O-]. The van der Waals surface area contributed by atoms with Gasteiger partial charge in [-0.05, 0) is 27.7 Å². The van der Waals surface area contributed by atoms with Crippen LogP contribution in [0.3, 0.4) is 0 Å². The zero-order valence-electron chi connectivity index (χ0n) is 7.74. The highest BCUT2D eigenvalue weighted by molar-refractivity contribution is 4.31. The molecule has 0 spiro atoms. The van der Waals surface area contributed by atoms with E-state index in [1.807, 2.05) is 0 Å². The van der Waals surface area contributed by atoms with Gasteiger partial charge in [-0.3, -0.25) is 0 Å². The predicted molar refractivity (Wildman–Crippen MR) is 32.2 cm³/mol. The quantitative estimate of drug-likeness (QED) is 0.487. The summed E-state index contributed by atoms with van der Waals surface area (Å²) in [5, 5.41) is 2.33. The normalized spacial score (nSPS) is 11.5. The van der Waals surface area contributed by atoms with Crippen molar-refractivity contribution in [3.8, 4) is 0 Å². The molecule has 0 bridgehead atoms. The Morgan fingerprint density at radius 2 is 1.00 bits per heavy atom. The summed E-state index contributed by atoms with van der Waals surface area (Å²) in [6.45, 7) is 8.83. The number of hydrogen-bond acceptors (Lipinski definition) is 4. The van der Waals surface area contributed by atoms with Crippen LogP contribution in [0.2, 0.25) is 0 Å². The van der Waals surface area contributed by atoms with Gasteiger partial charge in [0.15, 0.2) is 0 Å². The third-order valence-corrected chi connectivity index (χ3v) is 0.770. The summed E-state index contributed by atoms with van der Waals surface area (Å²) in [5.41, 5.74) is 0. The van der Waals surface area contributed by atoms with Gasteiger partial charge < -0.3 is 5.32 Å². The summed E-state index contributed by atoms with van der Waals surface area (Å²) in [4.78, 5) is 0. The number of halogens is 1. The van der Waals surface area contributed by atoms with Gasteiger partial charge in [-0.25, -0.2) is 18.6 Å². The van der Waals surface area contributed by atoms with Gasteiger partial charge in [-0.2, -0.15) is 0 Å². The minimum absolute atomic E-state index is 0.750. The van der Waals surface area contributed by atoms with Gasteiger partial charge in [-0.15, -0.1) is 10.2 Å². The summed E-state index contributed by atoms with van der Waals surface area (Å²) >= 11 is 0. The van der Waals surface area contributed by atoms with Crippen molar-refractivity contribution in [2.75, 3.05) is 0 Å². The fourth-order valence-corrected chi connectivity index (χ4v) is 0.770. The maximum Gasteiger partial charge on any atom is 0.0803 e. The summed E-state index contributed by atoms with van der Waals surface area (Å²) in [6.07, 6.45) is 0. The van der Waals surface area contributed by atoms with Crippen molar-refractivity contribution >= 4 is 0 Å². The molecule has 6 heteroatoms. The molecule has 0 aromatic carbocycles. The Bertz CT molecular complexity index is 90.2. The third kappa shape index (κ3) is 49.8. The predicted octanol–water partition coefficient (Wildman–Crippen LogP) is -4.39. The van der Waals surface area contributed by atoms with Crippen LogP contribution in [0.1, 0.15) is 27.7 Å². The molecule has 0 radical (unpaired) electrons. The van der Waals surface area contributed by atoms with Crippen molar-refractivity contribution in [3.05, 3.63) is 0 Å². The highest BCUT2D eigenvalue weighted by Crippen LogP contribution is 1.67. The van der Waals surface area contributed by atoms with Crippen molar-refractivity contribution in [1.82, 2.24) is 0 Å². The second-order valence-corrected chi connectivity index (χ2v) is 3.81. The van der Waals surface area contributed by atoms with Crippen LogP contribution >= 0.6 is 0 Å². The van der Waals surface area contributed by atoms with E-state index in [9.17, 15) is 0 Å². The molecular weight excluding hydrogens is 186 g/mol. The van der Waals surface area contributed by atoms with E-state index >= 15 is 0 Å². The second kappa shape index (κ2) is 6.59. The van der Waals surface area contributed by atoms with Gasteiger partial charge in [0.25, 0.3) is 0 Å². The van der Waals surface area contributed by atoms with E-state index in [2.05, 4.69) is 33.0 Å². The molecule has 0 saturated carbocycles. The fraction of sp³-hybridized carbons (Fsp3) is 1.00. The largest absolute Gasteiger partial charge is 0.342 e. The van der Waals surface area contributed by atoms with E-state index in [0.29, 0.717) is 0 Å². The topological polar surface area (TPSA) is 109 Å². The molecule has 0 atom stereocenters. The fourth-order valence-electron chi connectivity index (χ4n) is 0.770. The van der Waals surface area contributed by atoms with E-state index in [1.165, 1.54) is 0 Å². The zero-order chi connectivity index (χ0) is 10.4. The van der Waals surface area contributed by atoms with E-state index in [1.54, 1.807) is 0 Å². The molecule has 2 N–H and O–H groups in total. The highest BCUT2D eigenvalue weighted by Gasteiger charge is 1.97. The molecule has 0 aliphatic carbocycles. The highest BCUT2D eigenvalue weighted by atomic mass is 35.7. The second-order valence-electron chi connectivity index (χ2n) is 3.06. The molecule has 0 amide bonds. The third-order valence-electron chi connectivity index (χ3n) is 0.770. The Labute approximate surface area is 74.8 Å². The van der Waals surface area contributed by atoms with Crippen LogP contribution in [0.5, 0.6) is 0 Å². The van der Waals surface area contributed by atoms with E-state index in [0.717, 1.165) is 12.1 Å². The summed E-state index contributed by atoms with van der Waals surface area (Å²) in [7, 11) is -4.94. The van der Waals surface area contributed by atoms with Crippen molar-refractivity contribution in [1.29, 1.82) is 0 Å². The molecule has 0 aliphatic heterocycles. The lowest BCUT2D eigenvalue weighted by atomic mass is 10.3. The van der Waals surface area contributed by atoms with E-state index in [-0.39, 0.29) is 0 Å². The minimum Gasteiger partial charge on any atom is -0.342 e. The zero-order valence-corrected chi connectivity index (χ0v) is 8.50. The minimum atomic E-state index is -4.94. The Morgan fingerprint density at radius 1 is 0.833 bits per heavy atom. The van der Waals surface area contributed by atoms with Crippen LogP contribution in [0, 0.1) is 10.2 Å². The standard InChI is InChI=1S/C6H15N.ClHO4/c1-5(2)7-6(3)4;2-1(3,4)5/h5-7H,1-4H3;(H,2,3,4,5). The molecule has 5 nitrogen and oxygen atoms in total. The van der Waals surface area contributed by atoms with Gasteiger partial charge in [0.1, 0.15) is 0 Å². The average molecular weight is 202 g/mol. The summed E-state index contributed by atoms with van der Waals surface area (Å²) in [5.74, 6) is 0. The Morgan fingerprint density at radius 3 is 1.00 bits per heavy atom. The lowest BCUT2D eigenvalue weighted by molar-refractivity contribution is -2.00. The first-order chi connectivity index (χ1) is 5.13. The Balaban J connectivity index is 0. The number of quaternary nitrogens is 1. The van der Waals surface area contributed by atoms with Gasteiger partial charge in [0.2, 0.25) is 0 Å². The number of nitrogens with two attached hydrogens (primary N) is 1. The van der Waals surface area contributed by atoms with E-state index < -0.39 is 10.2 Å². The van der Waals surface area contributed by atoms with Gasteiger partial charge in [0, 0.05) is 0 Å². The van der Waals surface area contributed by atoms with Crippen LogP contribution in [-0.4, -0.2) is 12.1 Å². The molecule has 0 unspecified atom stereocenters. The lowest BCUT2D eigenvalue weighted by Crippen LogP contribution is -2.92. The summed E-state index contributed by atoms with van der Waals surface area (Å²) in [6, 6.07) is 1.50. The molecule has 0 saturated heterocycles. The van der Waals surface area contributed by atoms with Crippen LogP contribution < -0.4 is 24.0 Å². The molecule has 76 valence electrons. The average Bonchev–Trinajstić information content (AvgIpc) is 1.52. The Hall–Kier alpha value is 0.0900. The summed E-state index contributed by atoms with van der Waals surface area (Å²) < 4.78 is 34.0. The van der Waals surface area contributed by atoms with Crippen LogP contribution in [-0.2, 0) is 0 Å². The molecule has 0 aliphatic rings. The molecule has 0 aromatic rings. The number of hydrogen-bond donors (Lipinski definition) is 1. The molecule has 0 heterocycles. The first kappa shape index (κ1) is 14.6. The number of rotatable bonds is 2. The van der Waals surface area contributed by atoms with Gasteiger partial charge in [0.05, 0.1) is 12.1 Å². The van der Waals surface area contributed by atoms with Crippen LogP contribution in [0.25, 0.3) is 0 Å². The van der Waals surface area contributed by atoms with Crippen LogP contribution in [0.4, 0.5) is 0 Å². The van der Waals surface area contributed by atoms with Crippen molar-refractivity contribution in [3.63, 3.8) is 0 Å². The maximum atomic E-state index is 8.49. The monoisotopic (exact) mass is 201 g/mol. The van der Waals surface area contributed by atoms with Gasteiger partial charge >= 0.3 is 0 Å². The van der Waals surface area contributed by atoms with Crippen molar-refractivity contribution in [2.24, 2.45) is 0 Å². The molecule has 12 heavy (non-hydrogen) atoms. The van der Waals surface area contributed by atoms with E-state index in [4.69, 9.17) is 18.6 Å². The first-order valence-corrected chi connectivity index (χ1v) is 4.83. The van der Waals surface area contributed by atoms with Crippen molar-refractivity contribution < 1.29 is 34.2 Å². The van der Waals surface area contributed by atoms with Gasteiger partial charge in [-0.1, -0.05) is 0 Å².